The van der Waals surface area contributed by atoms with Crippen molar-refractivity contribution in [1.82, 2.24) is 10.2 Å². The molecule has 0 aliphatic carbocycles. The van der Waals surface area contributed by atoms with E-state index >= 15 is 0 Å². The molecule has 0 spiro atoms. The van der Waals surface area contributed by atoms with Crippen molar-refractivity contribution in [3.8, 4) is 0 Å². The number of piperazine rings is 1. The van der Waals surface area contributed by atoms with Crippen LogP contribution in [-0.2, 0) is 0 Å². The Kier molecular flexibility index (Phi) is 4.58. The predicted octanol–water partition coefficient (Wildman–Crippen LogP) is 2.86. The monoisotopic (exact) mass is 314 g/mol. The normalized spacial score (nSPS) is 15.2. The van der Waals surface area contributed by atoms with Gasteiger partial charge in [0.2, 0.25) is 0 Å². The molecule has 1 aromatic heterocycles. The number of benzene rings is 1. The van der Waals surface area contributed by atoms with Crippen LogP contribution in [0.2, 0.25) is 5.02 Å². The maximum atomic E-state index is 12.5. The van der Waals surface area contributed by atoms with Crippen molar-refractivity contribution in [3.63, 3.8) is 0 Å². The molecule has 108 valence electrons. The summed E-state index contributed by atoms with van der Waals surface area (Å²) in [6.07, 6.45) is 0. The number of carbonyl (C=O) groups excluding carboxylic acids is 1. The standard InChI is InChI=1S/C14H15ClN2O2.ClH/c1-9-10-3-2-4-11(15)13(10)19-12(9)14(18)17-7-5-16-6-8-17;/h2-4,16H,5-8H2,1H3;1H. The lowest BCUT2D eigenvalue weighted by Crippen LogP contribution is -2.46. The number of rotatable bonds is 1. The van der Waals surface area contributed by atoms with Crippen LogP contribution in [0.25, 0.3) is 11.0 Å². The third kappa shape index (κ3) is 2.51. The molecule has 0 bridgehead atoms. The summed E-state index contributed by atoms with van der Waals surface area (Å²) in [6, 6.07) is 5.56. The first-order valence-corrected chi connectivity index (χ1v) is 6.74. The van der Waals surface area contributed by atoms with Gasteiger partial charge in [-0.15, -0.1) is 12.4 Å². The molecule has 1 aromatic carbocycles. The van der Waals surface area contributed by atoms with E-state index in [4.69, 9.17) is 16.0 Å². The van der Waals surface area contributed by atoms with E-state index in [0.29, 0.717) is 29.5 Å². The van der Waals surface area contributed by atoms with Gasteiger partial charge in [0, 0.05) is 37.1 Å². The average Bonchev–Trinajstić information content (AvgIpc) is 2.78. The van der Waals surface area contributed by atoms with Gasteiger partial charge in [-0.2, -0.15) is 0 Å². The average molecular weight is 315 g/mol. The molecular formula is C14H16Cl2N2O2. The minimum Gasteiger partial charge on any atom is -0.449 e. The number of aryl methyl sites for hydroxylation is 1. The van der Waals surface area contributed by atoms with Gasteiger partial charge in [0.05, 0.1) is 5.02 Å². The summed E-state index contributed by atoms with van der Waals surface area (Å²) in [7, 11) is 0. The van der Waals surface area contributed by atoms with Gasteiger partial charge in [-0.3, -0.25) is 4.79 Å². The first kappa shape index (κ1) is 15.2. The van der Waals surface area contributed by atoms with Crippen LogP contribution in [0.15, 0.2) is 22.6 Å². The molecule has 6 heteroatoms. The Labute approximate surface area is 128 Å². The van der Waals surface area contributed by atoms with E-state index in [-0.39, 0.29) is 18.3 Å². The molecule has 1 N–H and O–H groups in total. The predicted molar refractivity (Wildman–Crippen MR) is 82.0 cm³/mol. The number of halogens is 2. The Bertz CT molecular complexity index is 633. The molecule has 20 heavy (non-hydrogen) atoms. The van der Waals surface area contributed by atoms with Crippen LogP contribution in [0.1, 0.15) is 16.1 Å². The molecule has 2 heterocycles. The fourth-order valence-corrected chi connectivity index (χ4v) is 2.64. The molecule has 1 fully saturated rings. The number of fused-ring (bicyclic) bond motifs is 1. The lowest BCUT2D eigenvalue weighted by Gasteiger charge is -2.26. The van der Waals surface area contributed by atoms with Crippen molar-refractivity contribution in [2.24, 2.45) is 0 Å². The SMILES string of the molecule is Cc1c(C(=O)N2CCNCC2)oc2c(Cl)cccc12.Cl. The molecule has 0 atom stereocenters. The summed E-state index contributed by atoms with van der Waals surface area (Å²) in [5.74, 6) is 0.358. The van der Waals surface area contributed by atoms with Crippen LogP contribution >= 0.6 is 24.0 Å². The van der Waals surface area contributed by atoms with Crippen molar-refractivity contribution >= 4 is 40.9 Å². The van der Waals surface area contributed by atoms with Crippen molar-refractivity contribution in [2.75, 3.05) is 26.2 Å². The molecule has 1 saturated heterocycles. The Hall–Kier alpha value is -1.23. The maximum absolute atomic E-state index is 12.5. The van der Waals surface area contributed by atoms with Gasteiger partial charge in [0.25, 0.3) is 5.91 Å². The Morgan fingerprint density at radius 1 is 1.35 bits per heavy atom. The Morgan fingerprint density at radius 3 is 2.70 bits per heavy atom. The molecule has 3 rings (SSSR count). The van der Waals surface area contributed by atoms with Gasteiger partial charge in [0.15, 0.2) is 11.3 Å². The fourth-order valence-electron chi connectivity index (χ4n) is 2.42. The lowest BCUT2D eigenvalue weighted by molar-refractivity contribution is 0.0705. The highest BCUT2D eigenvalue weighted by atomic mass is 35.5. The zero-order valence-corrected chi connectivity index (χ0v) is 12.7. The summed E-state index contributed by atoms with van der Waals surface area (Å²) in [5, 5.41) is 4.68. The van der Waals surface area contributed by atoms with Crippen LogP contribution in [0.5, 0.6) is 0 Å². The molecule has 2 aromatic rings. The van der Waals surface area contributed by atoms with Crippen molar-refractivity contribution in [2.45, 2.75) is 6.92 Å². The number of nitrogens with one attached hydrogen (secondary N) is 1. The minimum atomic E-state index is -0.0498. The van der Waals surface area contributed by atoms with Crippen LogP contribution in [-0.4, -0.2) is 37.0 Å². The van der Waals surface area contributed by atoms with Gasteiger partial charge in [0.1, 0.15) is 0 Å². The number of para-hydroxylation sites is 1. The Morgan fingerprint density at radius 2 is 2.05 bits per heavy atom. The zero-order valence-electron chi connectivity index (χ0n) is 11.1. The number of hydrogen-bond acceptors (Lipinski definition) is 3. The summed E-state index contributed by atoms with van der Waals surface area (Å²) in [5.41, 5.74) is 1.46. The van der Waals surface area contributed by atoms with Crippen LogP contribution < -0.4 is 5.32 Å². The molecule has 1 aliphatic rings. The summed E-state index contributed by atoms with van der Waals surface area (Å²) in [4.78, 5) is 14.3. The number of hydrogen-bond donors (Lipinski definition) is 1. The van der Waals surface area contributed by atoms with Gasteiger partial charge < -0.3 is 14.6 Å². The molecule has 1 aliphatic heterocycles. The van der Waals surface area contributed by atoms with E-state index in [1.807, 2.05) is 24.0 Å². The first-order valence-electron chi connectivity index (χ1n) is 6.36. The maximum Gasteiger partial charge on any atom is 0.289 e. The number of nitrogens with zero attached hydrogens (tertiary/aromatic N) is 1. The minimum absolute atomic E-state index is 0. The quantitative estimate of drug-likeness (QED) is 0.880. The Balaban J connectivity index is 0.00000147. The second kappa shape index (κ2) is 6.04. The van der Waals surface area contributed by atoms with E-state index < -0.39 is 0 Å². The topological polar surface area (TPSA) is 45.5 Å². The molecular weight excluding hydrogens is 299 g/mol. The third-order valence-electron chi connectivity index (χ3n) is 3.51. The summed E-state index contributed by atoms with van der Waals surface area (Å²) < 4.78 is 5.70. The molecule has 1 amide bonds. The van der Waals surface area contributed by atoms with Crippen LogP contribution in [0.4, 0.5) is 0 Å². The van der Waals surface area contributed by atoms with Crippen molar-refractivity contribution < 1.29 is 9.21 Å². The smallest absolute Gasteiger partial charge is 0.289 e. The highest BCUT2D eigenvalue weighted by Gasteiger charge is 2.24. The van der Waals surface area contributed by atoms with Crippen molar-refractivity contribution in [3.05, 3.63) is 34.5 Å². The van der Waals surface area contributed by atoms with E-state index in [0.717, 1.165) is 24.0 Å². The van der Waals surface area contributed by atoms with Gasteiger partial charge in [-0.05, 0) is 13.0 Å². The fraction of sp³-hybridized carbons (Fsp3) is 0.357. The van der Waals surface area contributed by atoms with E-state index in [2.05, 4.69) is 5.32 Å². The molecule has 0 radical (unpaired) electrons. The highest BCUT2D eigenvalue weighted by Crippen LogP contribution is 2.31. The third-order valence-corrected chi connectivity index (χ3v) is 3.81. The highest BCUT2D eigenvalue weighted by molar-refractivity contribution is 6.35. The zero-order chi connectivity index (χ0) is 13.4. The number of furan rings is 1. The van der Waals surface area contributed by atoms with Gasteiger partial charge >= 0.3 is 0 Å². The number of amides is 1. The summed E-state index contributed by atoms with van der Waals surface area (Å²) in [6.45, 7) is 4.97. The van der Waals surface area contributed by atoms with Crippen LogP contribution in [0, 0.1) is 6.92 Å². The van der Waals surface area contributed by atoms with Gasteiger partial charge in [-0.1, -0.05) is 23.7 Å². The van der Waals surface area contributed by atoms with Gasteiger partial charge in [-0.25, -0.2) is 0 Å². The lowest BCUT2D eigenvalue weighted by atomic mass is 10.1. The molecule has 0 unspecified atom stereocenters. The first-order chi connectivity index (χ1) is 9.18. The molecule has 4 nitrogen and oxygen atoms in total. The largest absolute Gasteiger partial charge is 0.449 e. The summed E-state index contributed by atoms with van der Waals surface area (Å²) >= 11 is 6.10. The van der Waals surface area contributed by atoms with E-state index in [1.165, 1.54) is 0 Å². The number of carbonyl (C=O) groups is 1. The van der Waals surface area contributed by atoms with Crippen molar-refractivity contribution in [1.29, 1.82) is 0 Å². The molecule has 0 saturated carbocycles. The van der Waals surface area contributed by atoms with E-state index in [1.54, 1.807) is 6.07 Å². The second-order valence-corrected chi connectivity index (χ2v) is 5.12. The van der Waals surface area contributed by atoms with Crippen LogP contribution in [0.3, 0.4) is 0 Å². The second-order valence-electron chi connectivity index (χ2n) is 4.71. The van der Waals surface area contributed by atoms with E-state index in [9.17, 15) is 4.79 Å².